The van der Waals surface area contributed by atoms with Crippen LogP contribution in [-0.4, -0.2) is 8.42 Å². The zero-order valence-corrected chi connectivity index (χ0v) is 10.3. The SMILES string of the molecule is CCc1c(S)ccc(C#N)c1S(=O)(=O)Cl. The van der Waals surface area contributed by atoms with Crippen LogP contribution in [0.5, 0.6) is 0 Å². The van der Waals surface area contributed by atoms with Crippen molar-refractivity contribution in [3.8, 4) is 6.07 Å². The second kappa shape index (κ2) is 4.44. The van der Waals surface area contributed by atoms with E-state index in [2.05, 4.69) is 12.6 Å². The van der Waals surface area contributed by atoms with Crippen molar-refractivity contribution >= 4 is 32.4 Å². The number of nitrogens with zero attached hydrogens (tertiary/aromatic N) is 1. The summed E-state index contributed by atoms with van der Waals surface area (Å²) in [7, 11) is 1.38. The van der Waals surface area contributed by atoms with Crippen LogP contribution in [0, 0.1) is 11.3 Å². The maximum atomic E-state index is 11.3. The third-order valence-electron chi connectivity index (χ3n) is 1.95. The molecule has 0 aliphatic rings. The lowest BCUT2D eigenvalue weighted by molar-refractivity contribution is 0.608. The summed E-state index contributed by atoms with van der Waals surface area (Å²) < 4.78 is 22.6. The van der Waals surface area contributed by atoms with E-state index in [1.807, 2.05) is 0 Å². The molecule has 15 heavy (non-hydrogen) atoms. The lowest BCUT2D eigenvalue weighted by Gasteiger charge is -2.08. The molecule has 0 radical (unpaired) electrons. The number of hydrogen-bond donors (Lipinski definition) is 1. The first kappa shape index (κ1) is 12.4. The molecule has 6 heteroatoms. The first-order chi connectivity index (χ1) is 6.91. The summed E-state index contributed by atoms with van der Waals surface area (Å²) in [6.45, 7) is 1.78. The van der Waals surface area contributed by atoms with Gasteiger partial charge in [0.25, 0.3) is 9.05 Å². The van der Waals surface area contributed by atoms with E-state index < -0.39 is 9.05 Å². The molecular formula is C9H8ClNO2S2. The maximum absolute atomic E-state index is 11.3. The zero-order chi connectivity index (χ0) is 11.6. The number of halogens is 1. The van der Waals surface area contributed by atoms with Crippen LogP contribution < -0.4 is 0 Å². The molecule has 80 valence electrons. The van der Waals surface area contributed by atoms with Gasteiger partial charge in [0.1, 0.15) is 11.0 Å². The predicted molar refractivity (Wildman–Crippen MR) is 60.8 cm³/mol. The van der Waals surface area contributed by atoms with Gasteiger partial charge in [0, 0.05) is 15.6 Å². The summed E-state index contributed by atoms with van der Waals surface area (Å²) in [6, 6.07) is 4.80. The molecule has 0 aliphatic carbocycles. The van der Waals surface area contributed by atoms with E-state index in [-0.39, 0.29) is 10.5 Å². The van der Waals surface area contributed by atoms with Crippen molar-refractivity contribution in [2.24, 2.45) is 0 Å². The Kier molecular flexibility index (Phi) is 3.66. The Hall–Kier alpha value is -0.700. The topological polar surface area (TPSA) is 57.9 Å². The highest BCUT2D eigenvalue weighted by Crippen LogP contribution is 2.29. The van der Waals surface area contributed by atoms with Gasteiger partial charge in [0.15, 0.2) is 0 Å². The van der Waals surface area contributed by atoms with E-state index in [1.54, 1.807) is 19.1 Å². The van der Waals surface area contributed by atoms with Crippen LogP contribution in [0.4, 0.5) is 0 Å². The van der Waals surface area contributed by atoms with Crippen LogP contribution in [0.15, 0.2) is 21.9 Å². The van der Waals surface area contributed by atoms with Crippen LogP contribution in [0.3, 0.4) is 0 Å². The summed E-state index contributed by atoms with van der Waals surface area (Å²) in [4.78, 5) is 0.400. The normalized spacial score (nSPS) is 11.1. The van der Waals surface area contributed by atoms with Gasteiger partial charge < -0.3 is 0 Å². The Labute approximate surface area is 98.5 Å². The van der Waals surface area contributed by atoms with E-state index >= 15 is 0 Å². The molecule has 0 saturated carbocycles. The smallest absolute Gasteiger partial charge is 0.207 e. The maximum Gasteiger partial charge on any atom is 0.262 e. The molecule has 0 fully saturated rings. The molecule has 3 nitrogen and oxygen atoms in total. The highest BCUT2D eigenvalue weighted by atomic mass is 35.7. The number of hydrogen-bond acceptors (Lipinski definition) is 4. The summed E-state index contributed by atoms with van der Waals surface area (Å²) in [5.74, 6) is 0. The van der Waals surface area contributed by atoms with E-state index in [4.69, 9.17) is 15.9 Å². The van der Waals surface area contributed by atoms with Gasteiger partial charge in [0.2, 0.25) is 0 Å². The van der Waals surface area contributed by atoms with Gasteiger partial charge in [0.05, 0.1) is 5.56 Å². The highest BCUT2D eigenvalue weighted by Gasteiger charge is 2.21. The second-order valence-corrected chi connectivity index (χ2v) is 5.83. The first-order valence-electron chi connectivity index (χ1n) is 4.11. The Morgan fingerprint density at radius 3 is 2.53 bits per heavy atom. The van der Waals surface area contributed by atoms with E-state index in [0.717, 1.165) is 0 Å². The Morgan fingerprint density at radius 2 is 2.13 bits per heavy atom. The monoisotopic (exact) mass is 261 g/mol. The van der Waals surface area contributed by atoms with Gasteiger partial charge in [-0.1, -0.05) is 6.92 Å². The van der Waals surface area contributed by atoms with Crippen LogP contribution in [0.25, 0.3) is 0 Å². The van der Waals surface area contributed by atoms with Gasteiger partial charge in [-0.25, -0.2) is 8.42 Å². The number of benzene rings is 1. The standard InChI is InChI=1S/C9H8ClNO2S2/c1-2-7-8(14)4-3-6(5-11)9(7)15(10,12)13/h3-4,14H,2H2,1H3. The third kappa shape index (κ3) is 2.46. The van der Waals surface area contributed by atoms with Crippen LogP contribution >= 0.6 is 23.3 Å². The van der Waals surface area contributed by atoms with E-state index in [0.29, 0.717) is 16.9 Å². The Balaban J connectivity index is 3.73. The number of rotatable bonds is 2. The lowest BCUT2D eigenvalue weighted by atomic mass is 10.1. The molecule has 0 aliphatic heterocycles. The molecule has 0 N–H and O–H groups in total. The van der Waals surface area contributed by atoms with Crippen molar-refractivity contribution in [1.29, 1.82) is 5.26 Å². The molecule has 1 aromatic rings. The van der Waals surface area contributed by atoms with Crippen LogP contribution in [0.1, 0.15) is 18.1 Å². The van der Waals surface area contributed by atoms with E-state index in [9.17, 15) is 8.42 Å². The fourth-order valence-corrected chi connectivity index (χ4v) is 3.20. The molecule has 1 rings (SSSR count). The van der Waals surface area contributed by atoms with Crippen molar-refractivity contribution < 1.29 is 8.42 Å². The van der Waals surface area contributed by atoms with Crippen molar-refractivity contribution in [3.05, 3.63) is 23.3 Å². The summed E-state index contributed by atoms with van der Waals surface area (Å²) in [6.07, 6.45) is 0.454. The minimum Gasteiger partial charge on any atom is -0.207 e. The van der Waals surface area contributed by atoms with Crippen molar-refractivity contribution in [2.75, 3.05) is 0 Å². The van der Waals surface area contributed by atoms with Crippen LogP contribution in [0.2, 0.25) is 0 Å². The minimum atomic E-state index is -3.91. The number of thiol groups is 1. The minimum absolute atomic E-state index is 0.0552. The third-order valence-corrected chi connectivity index (χ3v) is 3.79. The summed E-state index contributed by atoms with van der Waals surface area (Å²) >= 11 is 4.13. The highest BCUT2D eigenvalue weighted by molar-refractivity contribution is 8.13. The quantitative estimate of drug-likeness (QED) is 0.657. The van der Waals surface area contributed by atoms with E-state index in [1.165, 1.54) is 6.07 Å². The summed E-state index contributed by atoms with van der Waals surface area (Å²) in [5.41, 5.74) is 0.534. The fourth-order valence-electron chi connectivity index (χ4n) is 1.33. The van der Waals surface area contributed by atoms with Gasteiger partial charge in [-0.2, -0.15) is 5.26 Å². The van der Waals surface area contributed by atoms with Gasteiger partial charge in [-0.05, 0) is 24.1 Å². The van der Waals surface area contributed by atoms with Gasteiger partial charge in [-0.15, -0.1) is 12.6 Å². The molecule has 0 spiro atoms. The molecule has 0 bridgehead atoms. The molecular weight excluding hydrogens is 254 g/mol. The van der Waals surface area contributed by atoms with Crippen molar-refractivity contribution in [1.82, 2.24) is 0 Å². The molecule has 0 aromatic heterocycles. The average Bonchev–Trinajstić information content (AvgIpc) is 2.15. The van der Waals surface area contributed by atoms with Crippen LogP contribution in [-0.2, 0) is 15.5 Å². The predicted octanol–water partition coefficient (Wildman–Crippen LogP) is 2.34. The lowest BCUT2D eigenvalue weighted by Crippen LogP contribution is -2.02. The van der Waals surface area contributed by atoms with Crippen molar-refractivity contribution in [3.63, 3.8) is 0 Å². The largest absolute Gasteiger partial charge is 0.262 e. The molecule has 0 saturated heterocycles. The molecule has 0 amide bonds. The summed E-state index contributed by atoms with van der Waals surface area (Å²) in [5, 5.41) is 8.79. The zero-order valence-electron chi connectivity index (χ0n) is 7.86. The number of nitriles is 1. The molecule has 0 atom stereocenters. The molecule has 0 heterocycles. The average molecular weight is 262 g/mol. The van der Waals surface area contributed by atoms with Crippen molar-refractivity contribution in [2.45, 2.75) is 23.1 Å². The first-order valence-corrected chi connectivity index (χ1v) is 6.87. The Bertz CT molecular complexity index is 532. The van der Waals surface area contributed by atoms with Gasteiger partial charge >= 0.3 is 0 Å². The molecule has 1 aromatic carbocycles. The second-order valence-electron chi connectivity index (χ2n) is 2.84. The Morgan fingerprint density at radius 1 is 1.53 bits per heavy atom. The van der Waals surface area contributed by atoms with Gasteiger partial charge in [-0.3, -0.25) is 0 Å². The molecule has 0 unspecified atom stereocenters. The fraction of sp³-hybridized carbons (Fsp3) is 0.222.